The number of hydrogen-bond donors (Lipinski definition) is 1. The van der Waals surface area contributed by atoms with E-state index in [4.69, 9.17) is 15.2 Å². The van der Waals surface area contributed by atoms with Gasteiger partial charge in [0.05, 0.1) is 25.2 Å². The molecule has 0 unspecified atom stereocenters. The number of nitrogens with zero attached hydrogens (tertiary/aromatic N) is 3. The number of nitro benzene ring substituents is 1. The highest BCUT2D eigenvalue weighted by Gasteiger charge is 2.22. The molecule has 0 fully saturated rings. The summed E-state index contributed by atoms with van der Waals surface area (Å²) in [4.78, 5) is 17.5. The maximum absolute atomic E-state index is 11.7. The Labute approximate surface area is 181 Å². The van der Waals surface area contributed by atoms with Gasteiger partial charge in [-0.1, -0.05) is 24.3 Å². The van der Waals surface area contributed by atoms with E-state index in [0.717, 1.165) is 16.7 Å². The van der Waals surface area contributed by atoms with Crippen LogP contribution in [0.2, 0.25) is 0 Å². The van der Waals surface area contributed by atoms with Crippen LogP contribution in [0.4, 0.5) is 5.69 Å². The zero-order valence-corrected chi connectivity index (χ0v) is 17.7. The van der Waals surface area contributed by atoms with Gasteiger partial charge in [-0.05, 0) is 34.9 Å². The summed E-state index contributed by atoms with van der Waals surface area (Å²) in [5.41, 5.74) is 9.46. The van der Waals surface area contributed by atoms with E-state index in [-0.39, 0.29) is 5.69 Å². The quantitative estimate of drug-likeness (QED) is 0.393. The molecule has 2 aromatic carbocycles. The number of pyridine rings is 1. The Morgan fingerprint density at radius 1 is 0.903 bits per heavy atom. The van der Waals surface area contributed by atoms with Crippen molar-refractivity contribution >= 4 is 5.69 Å². The Kier molecular flexibility index (Phi) is 7.53. The number of aromatic nitrogens is 1. The first-order valence-electron chi connectivity index (χ1n) is 9.82. The van der Waals surface area contributed by atoms with Gasteiger partial charge in [0.15, 0.2) is 11.5 Å². The third kappa shape index (κ3) is 5.78. The monoisotopic (exact) mass is 422 g/mol. The third-order valence-electron chi connectivity index (χ3n) is 5.00. The molecule has 162 valence electrons. The van der Waals surface area contributed by atoms with E-state index < -0.39 is 4.92 Å². The lowest BCUT2D eigenvalue weighted by Gasteiger charge is -2.23. The highest BCUT2D eigenvalue weighted by Crippen LogP contribution is 2.35. The molecule has 0 saturated carbocycles. The first-order chi connectivity index (χ1) is 15.0. The van der Waals surface area contributed by atoms with Crippen LogP contribution in [0.1, 0.15) is 22.3 Å². The standard InChI is InChI=1S/C23H26N4O4/c1-30-22-11-20(21(27(28)29)12-23(22)31-2)16-26(15-19-7-9-25-10-8-19)14-18-5-3-17(13-24)4-6-18/h3-12H,13-16,24H2,1-2H3. The van der Waals surface area contributed by atoms with E-state index in [2.05, 4.69) is 9.88 Å². The number of nitro groups is 1. The van der Waals surface area contributed by atoms with Crippen molar-refractivity contribution in [3.05, 3.63) is 93.3 Å². The van der Waals surface area contributed by atoms with Crippen LogP contribution in [0.3, 0.4) is 0 Å². The summed E-state index contributed by atoms with van der Waals surface area (Å²) < 4.78 is 10.6. The van der Waals surface area contributed by atoms with Crippen LogP contribution in [-0.2, 0) is 26.2 Å². The van der Waals surface area contributed by atoms with Gasteiger partial charge in [0.25, 0.3) is 5.69 Å². The summed E-state index contributed by atoms with van der Waals surface area (Å²) in [5, 5.41) is 11.7. The van der Waals surface area contributed by atoms with Gasteiger partial charge in [0.2, 0.25) is 0 Å². The van der Waals surface area contributed by atoms with Crippen molar-refractivity contribution in [2.45, 2.75) is 26.2 Å². The zero-order chi connectivity index (χ0) is 22.2. The second-order valence-electron chi connectivity index (χ2n) is 7.11. The predicted molar refractivity (Wildman–Crippen MR) is 118 cm³/mol. The minimum absolute atomic E-state index is 0.00384. The van der Waals surface area contributed by atoms with E-state index >= 15 is 0 Å². The van der Waals surface area contributed by atoms with Crippen molar-refractivity contribution in [2.24, 2.45) is 5.73 Å². The largest absolute Gasteiger partial charge is 0.493 e. The first-order valence-corrected chi connectivity index (χ1v) is 9.82. The Hall–Kier alpha value is -3.49. The van der Waals surface area contributed by atoms with Gasteiger partial charge in [0, 0.05) is 44.1 Å². The van der Waals surface area contributed by atoms with Crippen molar-refractivity contribution in [1.82, 2.24) is 9.88 Å². The second kappa shape index (κ2) is 10.5. The zero-order valence-electron chi connectivity index (χ0n) is 17.7. The fourth-order valence-electron chi connectivity index (χ4n) is 3.40. The normalized spacial score (nSPS) is 10.8. The van der Waals surface area contributed by atoms with Crippen molar-refractivity contribution in [3.63, 3.8) is 0 Å². The van der Waals surface area contributed by atoms with Crippen LogP contribution in [0.15, 0.2) is 60.9 Å². The molecule has 1 aromatic heterocycles. The number of hydrogen-bond acceptors (Lipinski definition) is 7. The van der Waals surface area contributed by atoms with Crippen LogP contribution in [0.5, 0.6) is 11.5 Å². The summed E-state index contributed by atoms with van der Waals surface area (Å²) in [5.74, 6) is 0.787. The smallest absolute Gasteiger partial charge is 0.277 e. The minimum Gasteiger partial charge on any atom is -0.493 e. The summed E-state index contributed by atoms with van der Waals surface area (Å²) >= 11 is 0. The molecule has 0 amide bonds. The van der Waals surface area contributed by atoms with Gasteiger partial charge in [-0.25, -0.2) is 0 Å². The Morgan fingerprint density at radius 3 is 2.00 bits per heavy atom. The molecule has 3 rings (SSSR count). The van der Waals surface area contributed by atoms with Crippen LogP contribution in [0.25, 0.3) is 0 Å². The van der Waals surface area contributed by atoms with E-state index in [1.807, 2.05) is 36.4 Å². The van der Waals surface area contributed by atoms with Gasteiger partial charge in [-0.15, -0.1) is 0 Å². The molecule has 3 aromatic rings. The number of benzene rings is 2. The Bertz CT molecular complexity index is 1010. The van der Waals surface area contributed by atoms with Gasteiger partial charge in [-0.3, -0.25) is 20.0 Å². The lowest BCUT2D eigenvalue weighted by atomic mass is 10.1. The van der Waals surface area contributed by atoms with Gasteiger partial charge >= 0.3 is 0 Å². The maximum atomic E-state index is 11.7. The molecule has 0 atom stereocenters. The summed E-state index contributed by atoms with van der Waals surface area (Å²) in [6, 6.07) is 15.0. The molecule has 0 bridgehead atoms. The highest BCUT2D eigenvalue weighted by atomic mass is 16.6. The SMILES string of the molecule is COc1cc(CN(Cc2ccncc2)Cc2ccc(CN)cc2)c([N+](=O)[O-])cc1OC. The van der Waals surface area contributed by atoms with Crippen molar-refractivity contribution in [1.29, 1.82) is 0 Å². The van der Waals surface area contributed by atoms with Crippen molar-refractivity contribution in [3.8, 4) is 11.5 Å². The summed E-state index contributed by atoms with van der Waals surface area (Å²) in [6.07, 6.45) is 3.48. The van der Waals surface area contributed by atoms with Crippen LogP contribution >= 0.6 is 0 Å². The fourth-order valence-corrected chi connectivity index (χ4v) is 3.40. The Balaban J connectivity index is 1.94. The lowest BCUT2D eigenvalue weighted by molar-refractivity contribution is -0.385. The molecular formula is C23H26N4O4. The van der Waals surface area contributed by atoms with Crippen molar-refractivity contribution < 1.29 is 14.4 Å². The second-order valence-corrected chi connectivity index (χ2v) is 7.11. The molecule has 0 saturated heterocycles. The number of rotatable bonds is 10. The van der Waals surface area contributed by atoms with Crippen LogP contribution in [0, 0.1) is 10.1 Å². The third-order valence-corrected chi connectivity index (χ3v) is 5.00. The first kappa shape index (κ1) is 22.2. The summed E-state index contributed by atoms with van der Waals surface area (Å²) in [6.45, 7) is 2.06. The average molecular weight is 422 g/mol. The molecule has 31 heavy (non-hydrogen) atoms. The van der Waals surface area contributed by atoms with E-state index in [1.54, 1.807) is 18.5 Å². The molecule has 0 aliphatic rings. The molecule has 0 radical (unpaired) electrons. The average Bonchev–Trinajstić information content (AvgIpc) is 2.79. The molecule has 2 N–H and O–H groups in total. The Morgan fingerprint density at radius 2 is 1.45 bits per heavy atom. The summed E-state index contributed by atoms with van der Waals surface area (Å²) in [7, 11) is 2.98. The fraction of sp³-hybridized carbons (Fsp3) is 0.261. The van der Waals surface area contributed by atoms with Crippen LogP contribution in [-0.4, -0.2) is 29.0 Å². The lowest BCUT2D eigenvalue weighted by Crippen LogP contribution is -2.23. The predicted octanol–water partition coefficient (Wildman–Crippen LogP) is 3.67. The number of ether oxygens (including phenoxy) is 2. The van der Waals surface area contributed by atoms with Gasteiger partial charge < -0.3 is 15.2 Å². The molecule has 1 heterocycles. The molecule has 0 aliphatic heterocycles. The van der Waals surface area contributed by atoms with E-state index in [0.29, 0.717) is 43.2 Å². The van der Waals surface area contributed by atoms with Crippen molar-refractivity contribution in [2.75, 3.05) is 14.2 Å². The highest BCUT2D eigenvalue weighted by molar-refractivity contribution is 5.54. The van der Waals surface area contributed by atoms with E-state index in [9.17, 15) is 10.1 Å². The van der Waals surface area contributed by atoms with Gasteiger partial charge in [-0.2, -0.15) is 0 Å². The molecule has 8 nitrogen and oxygen atoms in total. The molecular weight excluding hydrogens is 396 g/mol. The van der Waals surface area contributed by atoms with Crippen LogP contribution < -0.4 is 15.2 Å². The maximum Gasteiger partial charge on any atom is 0.277 e. The molecule has 0 spiro atoms. The number of methoxy groups -OCH3 is 2. The molecule has 8 heteroatoms. The number of nitrogens with two attached hydrogens (primary N) is 1. The van der Waals surface area contributed by atoms with Gasteiger partial charge in [0.1, 0.15) is 0 Å². The minimum atomic E-state index is -0.391. The topological polar surface area (TPSA) is 104 Å². The molecule has 0 aliphatic carbocycles. The van der Waals surface area contributed by atoms with E-state index in [1.165, 1.54) is 20.3 Å².